The van der Waals surface area contributed by atoms with Gasteiger partial charge in [-0.3, -0.25) is 9.48 Å². The number of nitrogens with one attached hydrogen (secondary N) is 1. The van der Waals surface area contributed by atoms with Gasteiger partial charge in [-0.15, -0.1) is 0 Å². The van der Waals surface area contributed by atoms with Gasteiger partial charge in [-0.1, -0.05) is 30.3 Å². The molecule has 4 aromatic rings. The van der Waals surface area contributed by atoms with Crippen LogP contribution in [-0.4, -0.2) is 27.2 Å². The third-order valence-corrected chi connectivity index (χ3v) is 5.49. The number of nitrogens with zero attached hydrogens (tertiary/aromatic N) is 3. The minimum absolute atomic E-state index is 0.0503. The second-order valence-electron chi connectivity index (χ2n) is 8.04. The van der Waals surface area contributed by atoms with E-state index in [4.69, 9.17) is 11.5 Å². The summed E-state index contributed by atoms with van der Waals surface area (Å²) in [5.41, 5.74) is 11.1. The van der Waals surface area contributed by atoms with Crippen LogP contribution in [0.3, 0.4) is 0 Å². The molecule has 0 radical (unpaired) electrons. The van der Waals surface area contributed by atoms with E-state index in [1.165, 1.54) is 24.0 Å². The van der Waals surface area contributed by atoms with Crippen molar-refractivity contribution in [3.63, 3.8) is 0 Å². The lowest BCUT2D eigenvalue weighted by atomic mass is 9.99. The Kier molecular flexibility index (Phi) is 6.86. The number of hydrogen-bond donors (Lipinski definition) is 3. The Morgan fingerprint density at radius 3 is 2.44 bits per heavy atom. The molecule has 2 aromatic heterocycles. The van der Waals surface area contributed by atoms with Crippen molar-refractivity contribution in [1.82, 2.24) is 14.8 Å². The molecular formula is C25H22F4N6O. The average Bonchev–Trinajstić information content (AvgIpc) is 3.29. The maximum atomic E-state index is 14.8. The summed E-state index contributed by atoms with van der Waals surface area (Å²) in [5, 5.41) is 6.56. The van der Waals surface area contributed by atoms with E-state index >= 15 is 0 Å². The summed E-state index contributed by atoms with van der Waals surface area (Å²) in [6, 6.07) is 13.9. The number of alkyl halides is 3. The van der Waals surface area contributed by atoms with Gasteiger partial charge in [-0.2, -0.15) is 18.3 Å². The van der Waals surface area contributed by atoms with E-state index < -0.39 is 40.6 Å². The molecule has 5 N–H and O–H groups in total. The molecule has 2 heterocycles. The molecule has 1 atom stereocenters. The lowest BCUT2D eigenvalue weighted by Crippen LogP contribution is -2.22. The molecule has 2 aromatic carbocycles. The summed E-state index contributed by atoms with van der Waals surface area (Å²) in [6.45, 7) is 0.139. The standard InChI is InChI=1S/C25H22F4N6O/c1-35-10-9-20(34-35)15-11-16(18(26)12-17(15)25(27,28)29)24(36)33-22-8-7-21(19(31)13-30)32-23(22)14-5-3-2-4-6-14/h2-12,19H,13,30-31H2,1H3,(H,33,36). The quantitative estimate of drug-likeness (QED) is 0.339. The van der Waals surface area contributed by atoms with Crippen LogP contribution in [0.4, 0.5) is 23.2 Å². The van der Waals surface area contributed by atoms with Gasteiger partial charge in [-0.25, -0.2) is 9.37 Å². The molecule has 11 heteroatoms. The number of anilines is 1. The molecule has 0 bridgehead atoms. The van der Waals surface area contributed by atoms with E-state index in [0.717, 1.165) is 6.07 Å². The van der Waals surface area contributed by atoms with Gasteiger partial charge in [0.2, 0.25) is 0 Å². The average molecular weight is 498 g/mol. The van der Waals surface area contributed by atoms with E-state index in [9.17, 15) is 22.4 Å². The Morgan fingerprint density at radius 1 is 1.11 bits per heavy atom. The molecule has 0 saturated carbocycles. The molecule has 36 heavy (non-hydrogen) atoms. The first kappa shape index (κ1) is 25.0. The molecule has 4 rings (SSSR count). The molecule has 0 fully saturated rings. The van der Waals surface area contributed by atoms with E-state index in [2.05, 4.69) is 15.4 Å². The van der Waals surface area contributed by atoms with Crippen LogP contribution in [0.25, 0.3) is 22.5 Å². The number of aryl methyl sites for hydroxylation is 1. The highest BCUT2D eigenvalue weighted by atomic mass is 19.4. The first-order valence-electron chi connectivity index (χ1n) is 10.8. The van der Waals surface area contributed by atoms with E-state index in [0.29, 0.717) is 23.0 Å². The van der Waals surface area contributed by atoms with E-state index in [1.54, 1.807) is 42.5 Å². The molecule has 0 spiro atoms. The van der Waals surface area contributed by atoms with E-state index in [-0.39, 0.29) is 17.9 Å². The van der Waals surface area contributed by atoms with Gasteiger partial charge in [0.15, 0.2) is 0 Å². The maximum absolute atomic E-state index is 14.8. The van der Waals surface area contributed by atoms with Crippen molar-refractivity contribution in [1.29, 1.82) is 0 Å². The van der Waals surface area contributed by atoms with Crippen molar-refractivity contribution in [3.8, 4) is 22.5 Å². The van der Waals surface area contributed by atoms with Crippen LogP contribution in [0.5, 0.6) is 0 Å². The van der Waals surface area contributed by atoms with Gasteiger partial charge in [-0.05, 0) is 30.3 Å². The molecule has 7 nitrogen and oxygen atoms in total. The van der Waals surface area contributed by atoms with Crippen LogP contribution in [-0.2, 0) is 13.2 Å². The van der Waals surface area contributed by atoms with Crippen LogP contribution in [0.1, 0.15) is 27.7 Å². The Hall–Kier alpha value is -4.09. The molecule has 1 unspecified atom stereocenters. The Morgan fingerprint density at radius 2 is 1.83 bits per heavy atom. The predicted octanol–water partition coefficient (Wildman–Crippen LogP) is 4.52. The summed E-state index contributed by atoms with van der Waals surface area (Å²) < 4.78 is 57.1. The minimum Gasteiger partial charge on any atom is -0.329 e. The third-order valence-electron chi connectivity index (χ3n) is 5.49. The zero-order valence-corrected chi connectivity index (χ0v) is 19.1. The van der Waals surface area contributed by atoms with Crippen molar-refractivity contribution in [3.05, 3.63) is 89.5 Å². The fourth-order valence-electron chi connectivity index (χ4n) is 3.66. The fraction of sp³-hybridized carbons (Fsp3) is 0.160. The van der Waals surface area contributed by atoms with E-state index in [1.807, 2.05) is 0 Å². The Bertz CT molecular complexity index is 1400. The molecule has 186 valence electrons. The normalized spacial score (nSPS) is 12.4. The van der Waals surface area contributed by atoms with Crippen molar-refractivity contribution < 1.29 is 22.4 Å². The summed E-state index contributed by atoms with van der Waals surface area (Å²) >= 11 is 0. The Labute approximate surface area is 203 Å². The number of rotatable bonds is 6. The van der Waals surface area contributed by atoms with Crippen LogP contribution in [0.2, 0.25) is 0 Å². The van der Waals surface area contributed by atoms with Gasteiger partial charge in [0.05, 0.1) is 39.9 Å². The summed E-state index contributed by atoms with van der Waals surface area (Å²) in [5.74, 6) is -2.27. The van der Waals surface area contributed by atoms with Gasteiger partial charge in [0.1, 0.15) is 5.82 Å². The maximum Gasteiger partial charge on any atom is 0.417 e. The smallest absolute Gasteiger partial charge is 0.329 e. The van der Waals surface area contributed by atoms with Crippen molar-refractivity contribution in [2.24, 2.45) is 18.5 Å². The molecule has 0 aliphatic heterocycles. The zero-order chi connectivity index (χ0) is 26.0. The molecule has 1 amide bonds. The fourth-order valence-corrected chi connectivity index (χ4v) is 3.66. The second kappa shape index (κ2) is 9.88. The molecular weight excluding hydrogens is 476 g/mol. The second-order valence-corrected chi connectivity index (χ2v) is 8.04. The number of carbonyl (C=O) groups excluding carboxylic acids is 1. The van der Waals surface area contributed by atoms with Crippen molar-refractivity contribution in [2.45, 2.75) is 12.2 Å². The molecule has 0 saturated heterocycles. The van der Waals surface area contributed by atoms with Crippen LogP contribution in [0, 0.1) is 5.82 Å². The molecule has 0 aliphatic rings. The van der Waals surface area contributed by atoms with Gasteiger partial charge < -0.3 is 16.8 Å². The third kappa shape index (κ3) is 5.11. The number of carbonyl (C=O) groups is 1. The number of benzene rings is 2. The van der Waals surface area contributed by atoms with Crippen molar-refractivity contribution in [2.75, 3.05) is 11.9 Å². The number of hydrogen-bond acceptors (Lipinski definition) is 5. The first-order valence-corrected chi connectivity index (χ1v) is 10.8. The number of nitrogens with two attached hydrogens (primary N) is 2. The predicted molar refractivity (Wildman–Crippen MR) is 127 cm³/mol. The van der Waals surface area contributed by atoms with Gasteiger partial charge in [0.25, 0.3) is 5.91 Å². The Balaban J connectivity index is 1.78. The lowest BCUT2D eigenvalue weighted by Gasteiger charge is -2.17. The SMILES string of the molecule is Cn1ccc(-c2cc(C(=O)Nc3ccc(C(N)CN)nc3-c3ccccc3)c(F)cc2C(F)(F)F)n1. The minimum atomic E-state index is -4.86. The summed E-state index contributed by atoms with van der Waals surface area (Å²) in [4.78, 5) is 17.6. The topological polar surface area (TPSA) is 112 Å². The first-order chi connectivity index (χ1) is 17.1. The van der Waals surface area contributed by atoms with Gasteiger partial charge >= 0.3 is 6.18 Å². The monoisotopic (exact) mass is 498 g/mol. The highest BCUT2D eigenvalue weighted by Crippen LogP contribution is 2.38. The van der Waals surface area contributed by atoms with Gasteiger partial charge in [0, 0.05) is 30.9 Å². The number of pyridine rings is 1. The highest BCUT2D eigenvalue weighted by molar-refractivity contribution is 6.07. The number of halogens is 4. The van der Waals surface area contributed by atoms with Crippen LogP contribution in [0.15, 0.2) is 66.9 Å². The highest BCUT2D eigenvalue weighted by Gasteiger charge is 2.36. The number of amides is 1. The van der Waals surface area contributed by atoms with Crippen LogP contribution < -0.4 is 16.8 Å². The largest absolute Gasteiger partial charge is 0.417 e. The summed E-state index contributed by atoms with van der Waals surface area (Å²) in [6.07, 6.45) is -3.41. The summed E-state index contributed by atoms with van der Waals surface area (Å²) in [7, 11) is 1.53. The zero-order valence-electron chi connectivity index (χ0n) is 19.1. The van der Waals surface area contributed by atoms with Crippen LogP contribution >= 0.6 is 0 Å². The number of aromatic nitrogens is 3. The van der Waals surface area contributed by atoms with Crippen molar-refractivity contribution >= 4 is 11.6 Å². The lowest BCUT2D eigenvalue weighted by molar-refractivity contribution is -0.137. The molecule has 0 aliphatic carbocycles.